The molecule has 0 aliphatic carbocycles. The van der Waals surface area contributed by atoms with Gasteiger partial charge in [-0.05, 0) is 18.4 Å². The molecule has 0 N–H and O–H groups in total. The Balaban J connectivity index is 2.92. The lowest BCUT2D eigenvalue weighted by atomic mass is 10.2. The fourth-order valence-corrected chi connectivity index (χ4v) is 1.48. The predicted octanol–water partition coefficient (Wildman–Crippen LogP) is 1.82. The lowest BCUT2D eigenvalue weighted by Crippen LogP contribution is -2.17. The van der Waals surface area contributed by atoms with Gasteiger partial charge in [-0.2, -0.15) is 0 Å². The standard InChI is InChI=1S/C11H10NO/c1-2-12-10-6-4-3-5-9(10)7-8-11(12)13/h3-5,7-8H,2H2,1H3. The molecule has 2 aromatic rings. The topological polar surface area (TPSA) is 22.0 Å². The van der Waals surface area contributed by atoms with Gasteiger partial charge in [0.1, 0.15) is 0 Å². The Bertz CT molecular complexity index is 485. The van der Waals surface area contributed by atoms with Crippen molar-refractivity contribution < 1.29 is 0 Å². The second-order valence-electron chi connectivity index (χ2n) is 2.89. The molecule has 0 bridgehead atoms. The van der Waals surface area contributed by atoms with Crippen LogP contribution < -0.4 is 5.56 Å². The number of hydrogen-bond donors (Lipinski definition) is 0. The zero-order valence-electron chi connectivity index (χ0n) is 7.45. The van der Waals surface area contributed by atoms with Gasteiger partial charge < -0.3 is 4.57 Å². The summed E-state index contributed by atoms with van der Waals surface area (Å²) in [6.07, 6.45) is 0. The van der Waals surface area contributed by atoms with Crippen LogP contribution in [0.3, 0.4) is 0 Å². The Labute approximate surface area is 76.4 Å². The average molecular weight is 172 g/mol. The van der Waals surface area contributed by atoms with Crippen LogP contribution in [0.4, 0.5) is 0 Å². The van der Waals surface area contributed by atoms with Crippen molar-refractivity contribution in [2.24, 2.45) is 0 Å². The van der Waals surface area contributed by atoms with Crippen molar-refractivity contribution in [3.8, 4) is 0 Å². The molecule has 65 valence electrons. The maximum absolute atomic E-state index is 11.4. The highest BCUT2D eigenvalue weighted by atomic mass is 16.1. The van der Waals surface area contributed by atoms with Crippen LogP contribution in [-0.2, 0) is 6.54 Å². The predicted molar refractivity (Wildman–Crippen MR) is 52.7 cm³/mol. The van der Waals surface area contributed by atoms with Gasteiger partial charge in [-0.15, -0.1) is 0 Å². The summed E-state index contributed by atoms with van der Waals surface area (Å²) in [4.78, 5) is 11.4. The number of aryl methyl sites for hydroxylation is 1. The van der Waals surface area contributed by atoms with Gasteiger partial charge in [-0.3, -0.25) is 4.79 Å². The largest absolute Gasteiger partial charge is 0.308 e. The third kappa shape index (κ3) is 1.24. The molecule has 0 unspecified atom stereocenters. The second kappa shape index (κ2) is 3.05. The van der Waals surface area contributed by atoms with E-state index in [1.165, 1.54) is 0 Å². The number of para-hydroxylation sites is 1. The molecule has 1 aromatic carbocycles. The Morgan fingerprint density at radius 1 is 1.38 bits per heavy atom. The molecule has 0 amide bonds. The van der Waals surface area contributed by atoms with E-state index < -0.39 is 0 Å². The monoisotopic (exact) mass is 172 g/mol. The van der Waals surface area contributed by atoms with E-state index in [1.54, 1.807) is 10.6 Å². The van der Waals surface area contributed by atoms with E-state index in [2.05, 4.69) is 6.07 Å². The summed E-state index contributed by atoms with van der Waals surface area (Å²) in [6.45, 7) is 2.65. The number of aromatic nitrogens is 1. The molecule has 0 aliphatic rings. The van der Waals surface area contributed by atoms with Crippen LogP contribution in [-0.4, -0.2) is 4.57 Å². The Morgan fingerprint density at radius 3 is 3.00 bits per heavy atom. The van der Waals surface area contributed by atoms with Gasteiger partial charge in [0.15, 0.2) is 0 Å². The van der Waals surface area contributed by atoms with Crippen LogP contribution in [0.1, 0.15) is 6.92 Å². The summed E-state index contributed by atoms with van der Waals surface area (Å²) in [5.41, 5.74) is 0.926. The molecule has 2 nitrogen and oxygen atoms in total. The summed E-state index contributed by atoms with van der Waals surface area (Å²) in [5, 5.41) is 1.06. The zero-order chi connectivity index (χ0) is 9.26. The van der Waals surface area contributed by atoms with Crippen LogP contribution in [0, 0.1) is 6.07 Å². The van der Waals surface area contributed by atoms with Gasteiger partial charge in [0.25, 0.3) is 5.56 Å². The summed E-state index contributed by atoms with van der Waals surface area (Å²) < 4.78 is 1.72. The van der Waals surface area contributed by atoms with Crippen molar-refractivity contribution in [2.45, 2.75) is 13.5 Å². The smallest absolute Gasteiger partial charge is 0.251 e. The first-order valence-corrected chi connectivity index (χ1v) is 4.33. The lowest BCUT2D eigenvalue weighted by Gasteiger charge is -2.05. The van der Waals surface area contributed by atoms with Crippen molar-refractivity contribution >= 4 is 10.9 Å². The van der Waals surface area contributed by atoms with Crippen LogP contribution in [0.25, 0.3) is 10.9 Å². The molecule has 0 fully saturated rings. The quantitative estimate of drug-likeness (QED) is 0.643. The third-order valence-electron chi connectivity index (χ3n) is 2.12. The van der Waals surface area contributed by atoms with E-state index in [-0.39, 0.29) is 5.56 Å². The molecule has 0 saturated carbocycles. The number of fused-ring (bicyclic) bond motifs is 1. The highest BCUT2D eigenvalue weighted by molar-refractivity contribution is 5.78. The van der Waals surface area contributed by atoms with E-state index in [9.17, 15) is 4.79 Å². The molecule has 13 heavy (non-hydrogen) atoms. The summed E-state index contributed by atoms with van der Waals surface area (Å²) >= 11 is 0. The molecular weight excluding hydrogens is 162 g/mol. The summed E-state index contributed by atoms with van der Waals surface area (Å²) in [7, 11) is 0. The Kier molecular flexibility index (Phi) is 1.89. The van der Waals surface area contributed by atoms with Gasteiger partial charge >= 0.3 is 0 Å². The molecule has 2 rings (SSSR count). The number of pyridine rings is 1. The molecular formula is C11H10NO. The Morgan fingerprint density at radius 2 is 2.23 bits per heavy atom. The van der Waals surface area contributed by atoms with E-state index in [4.69, 9.17) is 0 Å². The van der Waals surface area contributed by atoms with Crippen LogP contribution in [0.15, 0.2) is 35.1 Å². The fraction of sp³-hybridized carbons (Fsp3) is 0.182. The minimum absolute atomic E-state index is 0.0393. The van der Waals surface area contributed by atoms with Crippen molar-refractivity contribution in [3.05, 3.63) is 46.8 Å². The number of benzene rings is 1. The SMILES string of the molecule is CCn1c(=O)ccc2ccc[c]c21. The normalized spacial score (nSPS) is 10.5. The number of hydrogen-bond acceptors (Lipinski definition) is 1. The van der Waals surface area contributed by atoms with Gasteiger partial charge in [-0.1, -0.05) is 18.2 Å². The maximum Gasteiger partial charge on any atom is 0.251 e. The first-order valence-electron chi connectivity index (χ1n) is 4.33. The summed E-state index contributed by atoms with van der Waals surface area (Å²) in [6, 6.07) is 12.2. The van der Waals surface area contributed by atoms with Gasteiger partial charge in [0.05, 0.1) is 5.52 Å². The highest BCUT2D eigenvalue weighted by Gasteiger charge is 1.98. The molecule has 1 heterocycles. The zero-order valence-corrected chi connectivity index (χ0v) is 7.45. The van der Waals surface area contributed by atoms with Crippen molar-refractivity contribution in [1.29, 1.82) is 0 Å². The number of rotatable bonds is 1. The molecule has 0 saturated heterocycles. The fourth-order valence-electron chi connectivity index (χ4n) is 1.48. The van der Waals surface area contributed by atoms with Crippen molar-refractivity contribution in [2.75, 3.05) is 0 Å². The average Bonchev–Trinajstić information content (AvgIpc) is 2.18. The molecule has 1 radical (unpaired) electrons. The van der Waals surface area contributed by atoms with Gasteiger partial charge in [0, 0.05) is 18.7 Å². The van der Waals surface area contributed by atoms with Crippen LogP contribution in [0.2, 0.25) is 0 Å². The second-order valence-corrected chi connectivity index (χ2v) is 2.89. The lowest BCUT2D eigenvalue weighted by molar-refractivity contribution is 0.759. The first-order chi connectivity index (χ1) is 6.33. The first kappa shape index (κ1) is 8.05. The molecule has 1 aromatic heterocycles. The van der Waals surface area contributed by atoms with E-state index in [0.717, 1.165) is 10.9 Å². The maximum atomic E-state index is 11.4. The van der Waals surface area contributed by atoms with Gasteiger partial charge in [-0.25, -0.2) is 0 Å². The van der Waals surface area contributed by atoms with Crippen LogP contribution >= 0.6 is 0 Å². The third-order valence-corrected chi connectivity index (χ3v) is 2.12. The van der Waals surface area contributed by atoms with Crippen molar-refractivity contribution in [1.82, 2.24) is 4.57 Å². The highest BCUT2D eigenvalue weighted by Crippen LogP contribution is 2.09. The molecule has 0 aliphatic heterocycles. The van der Waals surface area contributed by atoms with Crippen molar-refractivity contribution in [3.63, 3.8) is 0 Å². The minimum atomic E-state index is 0.0393. The van der Waals surface area contributed by atoms with E-state index >= 15 is 0 Å². The molecule has 0 atom stereocenters. The van der Waals surface area contributed by atoms with E-state index in [1.807, 2.05) is 31.2 Å². The molecule has 0 spiro atoms. The Hall–Kier alpha value is -1.57. The van der Waals surface area contributed by atoms with E-state index in [0.29, 0.717) is 6.54 Å². The van der Waals surface area contributed by atoms with Gasteiger partial charge in [0.2, 0.25) is 0 Å². The van der Waals surface area contributed by atoms with Crippen LogP contribution in [0.5, 0.6) is 0 Å². The minimum Gasteiger partial charge on any atom is -0.308 e. The molecule has 2 heteroatoms. The summed E-state index contributed by atoms with van der Waals surface area (Å²) in [5.74, 6) is 0. The number of nitrogens with zero attached hydrogens (tertiary/aromatic N) is 1.